The molecule has 0 spiro atoms. The Morgan fingerprint density at radius 1 is 1.32 bits per heavy atom. The first-order chi connectivity index (χ1) is 10.6. The van der Waals surface area contributed by atoms with E-state index in [4.69, 9.17) is 5.11 Å². The summed E-state index contributed by atoms with van der Waals surface area (Å²) in [4.78, 5) is 26.1. The van der Waals surface area contributed by atoms with Crippen molar-refractivity contribution < 1.29 is 14.7 Å². The molecule has 22 heavy (non-hydrogen) atoms. The van der Waals surface area contributed by atoms with E-state index in [1.807, 2.05) is 11.8 Å². The zero-order valence-corrected chi connectivity index (χ0v) is 12.8. The molecule has 120 valence electrons. The van der Waals surface area contributed by atoms with Crippen molar-refractivity contribution in [2.45, 2.75) is 25.8 Å². The first kappa shape index (κ1) is 16.5. The zero-order valence-electron chi connectivity index (χ0n) is 12.8. The predicted octanol–water partition coefficient (Wildman–Crippen LogP) is 0.831. The number of nitrogens with one attached hydrogen (secondary N) is 2. The number of para-hydroxylation sites is 1. The fourth-order valence-corrected chi connectivity index (χ4v) is 2.16. The molecular formula is C16H23N3O3. The number of rotatable bonds is 8. The van der Waals surface area contributed by atoms with E-state index in [0.29, 0.717) is 24.3 Å². The lowest BCUT2D eigenvalue weighted by molar-refractivity contribution is -0.117. The summed E-state index contributed by atoms with van der Waals surface area (Å²) in [6.45, 7) is 3.27. The van der Waals surface area contributed by atoms with E-state index in [-0.39, 0.29) is 31.0 Å². The number of hydrogen-bond acceptors (Lipinski definition) is 4. The van der Waals surface area contributed by atoms with Gasteiger partial charge >= 0.3 is 0 Å². The Balaban J connectivity index is 1.99. The smallest absolute Gasteiger partial charge is 0.253 e. The molecule has 3 N–H and O–H groups in total. The van der Waals surface area contributed by atoms with Crippen molar-refractivity contribution in [2.24, 2.45) is 0 Å². The monoisotopic (exact) mass is 305 g/mol. The summed E-state index contributed by atoms with van der Waals surface area (Å²) in [7, 11) is 0. The Hall–Kier alpha value is -1.92. The third-order valence-corrected chi connectivity index (χ3v) is 3.59. The van der Waals surface area contributed by atoms with Crippen molar-refractivity contribution >= 4 is 17.5 Å². The molecule has 1 aliphatic rings. The molecule has 0 saturated heterocycles. The summed E-state index contributed by atoms with van der Waals surface area (Å²) in [6, 6.07) is 7.27. The Morgan fingerprint density at radius 2 is 2.05 bits per heavy atom. The first-order valence-corrected chi connectivity index (χ1v) is 7.67. The van der Waals surface area contributed by atoms with Gasteiger partial charge in [0.15, 0.2) is 0 Å². The van der Waals surface area contributed by atoms with Gasteiger partial charge in [-0.2, -0.15) is 0 Å². The molecule has 6 heteroatoms. The van der Waals surface area contributed by atoms with Crippen LogP contribution in [0.15, 0.2) is 24.3 Å². The number of amides is 2. The molecule has 0 aromatic heterocycles. The van der Waals surface area contributed by atoms with E-state index in [2.05, 4.69) is 10.6 Å². The van der Waals surface area contributed by atoms with Gasteiger partial charge in [-0.15, -0.1) is 0 Å². The lowest BCUT2D eigenvalue weighted by atomic mass is 10.1. The molecule has 0 aliphatic heterocycles. The highest BCUT2D eigenvalue weighted by atomic mass is 16.3. The standard InChI is InChI=1S/C16H23N3O3/c1-2-19(9-10-20)11-15(21)18-14-6-4-3-5-13(14)16(22)17-12-7-8-12/h3-6,12,20H,2,7-11H2,1H3,(H,17,22)(H,18,21). The Bertz CT molecular complexity index is 529. The molecule has 0 bridgehead atoms. The summed E-state index contributed by atoms with van der Waals surface area (Å²) in [5.74, 6) is -0.344. The minimum absolute atomic E-state index is 0.0154. The largest absolute Gasteiger partial charge is 0.395 e. The molecule has 0 unspecified atom stereocenters. The molecule has 2 rings (SSSR count). The number of benzene rings is 1. The van der Waals surface area contributed by atoms with Gasteiger partial charge in [0, 0.05) is 12.6 Å². The summed E-state index contributed by atoms with van der Waals surface area (Å²) < 4.78 is 0. The number of likely N-dealkylation sites (N-methyl/N-ethyl adjacent to an activating group) is 1. The van der Waals surface area contributed by atoms with Crippen LogP contribution in [0.5, 0.6) is 0 Å². The van der Waals surface area contributed by atoms with Crippen LogP contribution in [0.25, 0.3) is 0 Å². The summed E-state index contributed by atoms with van der Waals surface area (Å²) in [5, 5.41) is 14.7. The fourth-order valence-electron chi connectivity index (χ4n) is 2.16. The molecular weight excluding hydrogens is 282 g/mol. The normalized spacial score (nSPS) is 14.0. The average Bonchev–Trinajstić information content (AvgIpc) is 3.31. The first-order valence-electron chi connectivity index (χ1n) is 7.67. The molecule has 1 aromatic rings. The Morgan fingerprint density at radius 3 is 2.68 bits per heavy atom. The second kappa shape index (κ2) is 7.91. The van der Waals surface area contributed by atoms with E-state index in [0.717, 1.165) is 12.8 Å². The maximum atomic E-state index is 12.2. The van der Waals surface area contributed by atoms with E-state index >= 15 is 0 Å². The van der Waals surface area contributed by atoms with Crippen LogP contribution in [-0.4, -0.2) is 54.1 Å². The van der Waals surface area contributed by atoms with Gasteiger partial charge in [0.2, 0.25) is 5.91 Å². The van der Waals surface area contributed by atoms with Crippen molar-refractivity contribution in [3.05, 3.63) is 29.8 Å². The quantitative estimate of drug-likeness (QED) is 0.664. The van der Waals surface area contributed by atoms with Gasteiger partial charge < -0.3 is 15.7 Å². The maximum absolute atomic E-state index is 12.2. The van der Waals surface area contributed by atoms with E-state index < -0.39 is 0 Å². The van der Waals surface area contributed by atoms with Crippen LogP contribution in [0, 0.1) is 0 Å². The predicted molar refractivity (Wildman–Crippen MR) is 84.8 cm³/mol. The Kier molecular flexibility index (Phi) is 5.91. The minimum Gasteiger partial charge on any atom is -0.395 e. The number of carbonyl (C=O) groups is 2. The second-order valence-corrected chi connectivity index (χ2v) is 5.43. The lowest BCUT2D eigenvalue weighted by Crippen LogP contribution is -2.35. The highest BCUT2D eigenvalue weighted by Gasteiger charge is 2.25. The summed E-state index contributed by atoms with van der Waals surface area (Å²) >= 11 is 0. The molecule has 1 aromatic carbocycles. The zero-order chi connectivity index (χ0) is 15.9. The number of anilines is 1. The molecule has 2 amide bonds. The van der Waals surface area contributed by atoms with Crippen molar-refractivity contribution in [1.82, 2.24) is 10.2 Å². The third-order valence-electron chi connectivity index (χ3n) is 3.59. The summed E-state index contributed by atoms with van der Waals surface area (Å²) in [5.41, 5.74) is 0.999. The average molecular weight is 305 g/mol. The lowest BCUT2D eigenvalue weighted by Gasteiger charge is -2.19. The van der Waals surface area contributed by atoms with Crippen molar-refractivity contribution in [1.29, 1.82) is 0 Å². The van der Waals surface area contributed by atoms with Gasteiger partial charge in [-0.25, -0.2) is 0 Å². The van der Waals surface area contributed by atoms with Gasteiger partial charge in [0.1, 0.15) is 0 Å². The number of aliphatic hydroxyl groups excluding tert-OH is 1. The van der Waals surface area contributed by atoms with Crippen LogP contribution in [-0.2, 0) is 4.79 Å². The summed E-state index contributed by atoms with van der Waals surface area (Å²) in [6.07, 6.45) is 2.04. The molecule has 1 aliphatic carbocycles. The number of hydrogen-bond donors (Lipinski definition) is 3. The van der Waals surface area contributed by atoms with Crippen molar-refractivity contribution in [3.8, 4) is 0 Å². The van der Waals surface area contributed by atoms with Crippen molar-refractivity contribution in [2.75, 3.05) is 31.6 Å². The van der Waals surface area contributed by atoms with E-state index in [1.54, 1.807) is 24.3 Å². The highest BCUT2D eigenvalue weighted by Crippen LogP contribution is 2.21. The van der Waals surface area contributed by atoms with Crippen LogP contribution in [0.3, 0.4) is 0 Å². The second-order valence-electron chi connectivity index (χ2n) is 5.43. The molecule has 6 nitrogen and oxygen atoms in total. The van der Waals surface area contributed by atoms with Crippen molar-refractivity contribution in [3.63, 3.8) is 0 Å². The molecule has 0 heterocycles. The topological polar surface area (TPSA) is 81.7 Å². The van der Waals surface area contributed by atoms with Gasteiger partial charge in [-0.3, -0.25) is 14.5 Å². The molecule has 0 atom stereocenters. The minimum atomic E-state index is -0.193. The number of carbonyl (C=O) groups excluding carboxylic acids is 2. The Labute approximate surface area is 130 Å². The van der Waals surface area contributed by atoms with E-state index in [9.17, 15) is 9.59 Å². The maximum Gasteiger partial charge on any atom is 0.253 e. The third kappa shape index (κ3) is 4.82. The fraction of sp³-hybridized carbons (Fsp3) is 0.500. The van der Waals surface area contributed by atoms with Crippen LogP contribution in [0.4, 0.5) is 5.69 Å². The van der Waals surface area contributed by atoms with E-state index in [1.165, 1.54) is 0 Å². The van der Waals surface area contributed by atoms with Gasteiger partial charge in [0.25, 0.3) is 5.91 Å². The van der Waals surface area contributed by atoms with Crippen LogP contribution < -0.4 is 10.6 Å². The van der Waals surface area contributed by atoms with Crippen LogP contribution in [0.2, 0.25) is 0 Å². The van der Waals surface area contributed by atoms with Crippen LogP contribution in [0.1, 0.15) is 30.1 Å². The van der Waals surface area contributed by atoms with Gasteiger partial charge in [-0.1, -0.05) is 19.1 Å². The SMILES string of the molecule is CCN(CCO)CC(=O)Nc1ccccc1C(=O)NC1CC1. The molecule has 1 fully saturated rings. The molecule has 1 saturated carbocycles. The number of nitrogens with zero attached hydrogens (tertiary/aromatic N) is 1. The molecule has 0 radical (unpaired) electrons. The van der Waals surface area contributed by atoms with Crippen LogP contribution >= 0.6 is 0 Å². The van der Waals surface area contributed by atoms with Gasteiger partial charge in [0.05, 0.1) is 24.4 Å². The highest BCUT2D eigenvalue weighted by molar-refractivity contribution is 6.04. The van der Waals surface area contributed by atoms with Gasteiger partial charge in [-0.05, 0) is 31.5 Å². The number of aliphatic hydroxyl groups is 1.